The number of hydrogen-bond donors (Lipinski definition) is 2. The Morgan fingerprint density at radius 1 is 1.22 bits per heavy atom. The van der Waals surface area contributed by atoms with Gasteiger partial charge in [0.1, 0.15) is 4.90 Å². The Hall–Kier alpha value is -1.15. The van der Waals surface area contributed by atoms with Gasteiger partial charge in [0.25, 0.3) is 0 Å². The fourth-order valence-corrected chi connectivity index (χ4v) is 4.91. The highest BCUT2D eigenvalue weighted by Crippen LogP contribution is 2.37. The second-order valence-electron chi connectivity index (χ2n) is 7.08. The van der Waals surface area contributed by atoms with Gasteiger partial charge in [-0.3, -0.25) is 4.79 Å². The van der Waals surface area contributed by atoms with Crippen molar-refractivity contribution in [3.05, 3.63) is 28.8 Å². The van der Waals surface area contributed by atoms with Gasteiger partial charge in [0.2, 0.25) is 15.9 Å². The molecule has 0 saturated carbocycles. The summed E-state index contributed by atoms with van der Waals surface area (Å²) >= 11 is 6.11. The first-order valence-electron chi connectivity index (χ1n) is 9.51. The molecule has 0 radical (unpaired) electrons. The smallest absolute Gasteiger partial charge is 0.242 e. The van der Waals surface area contributed by atoms with Gasteiger partial charge in [0.05, 0.1) is 5.02 Å². The Bertz CT molecular complexity index is 769. The molecule has 6 nitrogen and oxygen atoms in total. The highest BCUT2D eigenvalue weighted by Gasteiger charge is 2.43. The molecule has 1 aliphatic rings. The fourth-order valence-electron chi connectivity index (χ4n) is 3.31. The second kappa shape index (κ2) is 9.37. The molecule has 27 heavy (non-hydrogen) atoms. The first-order chi connectivity index (χ1) is 12.7. The zero-order valence-electron chi connectivity index (χ0n) is 16.0. The number of sulfonamides is 1. The summed E-state index contributed by atoms with van der Waals surface area (Å²) in [4.78, 5) is 13.0. The number of aliphatic hydroxyl groups is 1. The van der Waals surface area contributed by atoms with Crippen LogP contribution in [0.3, 0.4) is 0 Å². The third-order valence-corrected chi connectivity index (χ3v) is 7.06. The molecule has 1 heterocycles. The average molecular weight is 417 g/mol. The van der Waals surface area contributed by atoms with Crippen LogP contribution in [-0.2, 0) is 20.5 Å². The zero-order valence-corrected chi connectivity index (χ0v) is 17.6. The summed E-state index contributed by atoms with van der Waals surface area (Å²) in [6, 6.07) is 4.37. The van der Waals surface area contributed by atoms with Gasteiger partial charge in [0, 0.05) is 32.0 Å². The van der Waals surface area contributed by atoms with E-state index in [2.05, 4.69) is 11.6 Å². The van der Waals surface area contributed by atoms with E-state index in [-0.39, 0.29) is 28.7 Å². The molecule has 1 aromatic rings. The molecule has 1 unspecified atom stereocenters. The molecule has 1 atom stereocenters. The number of rotatable bonds is 10. The molecule has 1 amide bonds. The second-order valence-corrected chi connectivity index (χ2v) is 9.22. The molecule has 0 spiro atoms. The lowest BCUT2D eigenvalue weighted by Crippen LogP contribution is -2.40. The topological polar surface area (TPSA) is 86.7 Å². The Morgan fingerprint density at radius 2 is 1.89 bits per heavy atom. The average Bonchev–Trinajstić information content (AvgIpc) is 2.89. The van der Waals surface area contributed by atoms with E-state index in [1.54, 1.807) is 6.07 Å². The van der Waals surface area contributed by atoms with Gasteiger partial charge in [-0.25, -0.2) is 13.1 Å². The summed E-state index contributed by atoms with van der Waals surface area (Å²) < 4.78 is 27.9. The van der Waals surface area contributed by atoms with E-state index in [0.29, 0.717) is 12.1 Å². The highest BCUT2D eigenvalue weighted by molar-refractivity contribution is 7.89. The minimum Gasteiger partial charge on any atom is -0.367 e. The summed E-state index contributed by atoms with van der Waals surface area (Å²) in [5.74, 6) is -0.182. The van der Waals surface area contributed by atoms with Crippen molar-refractivity contribution in [1.29, 1.82) is 0 Å². The molecule has 2 N–H and O–H groups in total. The first-order valence-corrected chi connectivity index (χ1v) is 11.4. The molecule has 8 heteroatoms. The predicted molar refractivity (Wildman–Crippen MR) is 106 cm³/mol. The molecule has 1 aromatic carbocycles. The number of unbranched alkanes of at least 4 members (excludes halogenated alkanes) is 5. The van der Waals surface area contributed by atoms with E-state index in [4.69, 9.17) is 11.6 Å². The Balaban J connectivity index is 2.07. The number of hydrogen-bond acceptors (Lipinski definition) is 4. The molecule has 1 fully saturated rings. The van der Waals surface area contributed by atoms with Crippen LogP contribution in [0.25, 0.3) is 0 Å². The molecule has 1 saturated heterocycles. The summed E-state index contributed by atoms with van der Waals surface area (Å²) in [7, 11) is -2.29. The Labute approximate surface area is 166 Å². The Kier molecular flexibility index (Phi) is 7.68. The lowest BCUT2D eigenvalue weighted by Gasteiger charge is -2.31. The number of nitrogens with one attached hydrogen (secondary N) is 1. The molecule has 0 bridgehead atoms. The molecule has 0 aromatic heterocycles. The largest absolute Gasteiger partial charge is 0.367 e. The van der Waals surface area contributed by atoms with Gasteiger partial charge in [0.15, 0.2) is 5.72 Å². The van der Waals surface area contributed by atoms with E-state index in [1.807, 2.05) is 0 Å². The maximum atomic E-state index is 12.6. The van der Waals surface area contributed by atoms with Crippen LogP contribution in [0, 0.1) is 0 Å². The number of nitrogens with zero attached hydrogens (tertiary/aromatic N) is 1. The van der Waals surface area contributed by atoms with Gasteiger partial charge in [-0.15, -0.1) is 0 Å². The number of halogens is 1. The van der Waals surface area contributed by atoms with Gasteiger partial charge < -0.3 is 10.0 Å². The molecular formula is C19H29ClN2O4S. The monoisotopic (exact) mass is 416 g/mol. The lowest BCUT2D eigenvalue weighted by atomic mass is 10.0. The van der Waals surface area contributed by atoms with Crippen LogP contribution in [0.15, 0.2) is 23.1 Å². The third-order valence-electron chi connectivity index (χ3n) is 5.12. The van der Waals surface area contributed by atoms with Crippen LogP contribution in [0.5, 0.6) is 0 Å². The van der Waals surface area contributed by atoms with E-state index >= 15 is 0 Å². The summed E-state index contributed by atoms with van der Waals surface area (Å²) in [5.41, 5.74) is -1.16. The van der Waals surface area contributed by atoms with Gasteiger partial charge >= 0.3 is 0 Å². The molecule has 2 rings (SSSR count). The van der Waals surface area contributed by atoms with Gasteiger partial charge in [-0.1, -0.05) is 56.7 Å². The normalized spacial score (nSPS) is 20.4. The molecule has 0 aliphatic carbocycles. The van der Waals surface area contributed by atoms with Crippen molar-refractivity contribution in [1.82, 2.24) is 9.62 Å². The lowest BCUT2D eigenvalue weighted by molar-refractivity contribution is -0.142. The summed E-state index contributed by atoms with van der Waals surface area (Å²) in [6.07, 6.45) is 6.82. The van der Waals surface area contributed by atoms with E-state index < -0.39 is 15.7 Å². The third kappa shape index (κ3) is 5.22. The zero-order chi connectivity index (χ0) is 20.1. The van der Waals surface area contributed by atoms with Crippen LogP contribution >= 0.6 is 11.6 Å². The van der Waals surface area contributed by atoms with Crippen molar-refractivity contribution in [2.24, 2.45) is 0 Å². The summed E-state index contributed by atoms with van der Waals surface area (Å²) in [6.45, 7) is 2.50. The minimum atomic E-state index is -3.79. The molecular weight excluding hydrogens is 388 g/mol. The predicted octanol–water partition coefficient (Wildman–Crippen LogP) is 3.38. The van der Waals surface area contributed by atoms with Crippen LogP contribution in [0.4, 0.5) is 0 Å². The fraction of sp³-hybridized carbons (Fsp3) is 0.632. The van der Waals surface area contributed by atoms with E-state index in [1.165, 1.54) is 43.3 Å². The summed E-state index contributed by atoms with van der Waals surface area (Å²) in [5, 5.41) is 10.9. The van der Waals surface area contributed by atoms with E-state index in [9.17, 15) is 18.3 Å². The highest BCUT2D eigenvalue weighted by atomic mass is 35.5. The number of benzene rings is 1. The standard InChI is InChI=1S/C19H29ClN2O4S/c1-3-4-5-6-7-8-13-21-27(25,26)17-14-15(9-10-16(17)20)19(24)12-11-18(23)22(19)2/h9-10,14,21,24H,3-8,11-13H2,1-2H3. The maximum absolute atomic E-state index is 12.6. The molecule has 152 valence electrons. The SMILES string of the molecule is CCCCCCCCNS(=O)(=O)c1cc(C2(O)CCC(=O)N2C)ccc1Cl. The van der Waals surface area contributed by atoms with Crippen LogP contribution < -0.4 is 4.72 Å². The van der Waals surface area contributed by atoms with Gasteiger partial charge in [-0.2, -0.15) is 0 Å². The Morgan fingerprint density at radius 3 is 2.52 bits per heavy atom. The van der Waals surface area contributed by atoms with Crippen molar-refractivity contribution >= 4 is 27.5 Å². The van der Waals surface area contributed by atoms with Crippen LogP contribution in [0.2, 0.25) is 5.02 Å². The number of likely N-dealkylation sites (tertiary alicyclic amines) is 1. The van der Waals surface area contributed by atoms with Gasteiger partial charge in [-0.05, 0) is 18.6 Å². The van der Waals surface area contributed by atoms with Crippen molar-refractivity contribution in [2.45, 2.75) is 68.9 Å². The van der Waals surface area contributed by atoms with Crippen LogP contribution in [-0.4, -0.2) is 37.9 Å². The van der Waals surface area contributed by atoms with Crippen molar-refractivity contribution in [2.75, 3.05) is 13.6 Å². The van der Waals surface area contributed by atoms with E-state index in [0.717, 1.165) is 19.3 Å². The molecule has 1 aliphatic heterocycles. The number of carbonyl (C=O) groups is 1. The minimum absolute atomic E-state index is 0.0752. The van der Waals surface area contributed by atoms with Crippen molar-refractivity contribution in [3.8, 4) is 0 Å². The number of carbonyl (C=O) groups excluding carboxylic acids is 1. The van der Waals surface area contributed by atoms with Crippen LogP contribution in [0.1, 0.15) is 63.9 Å². The number of amides is 1. The first kappa shape index (κ1) is 22.1. The van der Waals surface area contributed by atoms with Crippen molar-refractivity contribution < 1.29 is 18.3 Å². The quantitative estimate of drug-likeness (QED) is 0.572. The maximum Gasteiger partial charge on any atom is 0.242 e. The van der Waals surface area contributed by atoms with Crippen molar-refractivity contribution in [3.63, 3.8) is 0 Å².